The average molecular weight is 482 g/mol. The molecule has 0 saturated carbocycles. The quantitative estimate of drug-likeness (QED) is 0.449. The van der Waals surface area contributed by atoms with Crippen molar-refractivity contribution in [3.8, 4) is 0 Å². The number of sulfonamides is 1. The third kappa shape index (κ3) is 5.35. The lowest BCUT2D eigenvalue weighted by molar-refractivity contribution is -0.137. The minimum absolute atomic E-state index is 0.0829. The molecule has 2 aliphatic heterocycles. The highest BCUT2D eigenvalue weighted by atomic mass is 32.2. The highest BCUT2D eigenvalue weighted by Crippen LogP contribution is 2.29. The number of hydrogen-bond acceptors (Lipinski definition) is 7. The number of carbonyl (C=O) groups is 3. The van der Waals surface area contributed by atoms with Crippen molar-refractivity contribution in [3.05, 3.63) is 23.8 Å². The fourth-order valence-electron chi connectivity index (χ4n) is 4.18. The van der Waals surface area contributed by atoms with Gasteiger partial charge in [0.2, 0.25) is 21.8 Å². The molecule has 2 heterocycles. The van der Waals surface area contributed by atoms with Gasteiger partial charge in [-0.1, -0.05) is 13.0 Å². The van der Waals surface area contributed by atoms with Crippen LogP contribution in [0.4, 0.5) is 5.69 Å². The van der Waals surface area contributed by atoms with Gasteiger partial charge in [0.25, 0.3) is 5.91 Å². The maximum absolute atomic E-state index is 13.3. The number of nitrogens with one attached hydrogen (secondary N) is 1. The Balaban J connectivity index is 1.89. The van der Waals surface area contributed by atoms with Crippen molar-refractivity contribution in [1.29, 1.82) is 0 Å². The van der Waals surface area contributed by atoms with E-state index in [0.29, 0.717) is 50.3 Å². The molecule has 182 valence electrons. The van der Waals surface area contributed by atoms with E-state index < -0.39 is 27.9 Å². The highest BCUT2D eigenvalue weighted by molar-refractivity contribution is 7.89. The maximum Gasteiger partial charge on any atom is 0.253 e. The first kappa shape index (κ1) is 25.1. The van der Waals surface area contributed by atoms with Gasteiger partial charge < -0.3 is 25.2 Å². The van der Waals surface area contributed by atoms with E-state index in [1.54, 1.807) is 13.0 Å². The molecule has 0 aromatic heterocycles. The topological polar surface area (TPSA) is 142 Å². The second-order valence-corrected chi connectivity index (χ2v) is 10.0. The molecule has 12 heteroatoms. The van der Waals surface area contributed by atoms with Crippen LogP contribution in [0.3, 0.4) is 0 Å². The minimum Gasteiger partial charge on any atom is -0.370 e. The molecule has 33 heavy (non-hydrogen) atoms. The Morgan fingerprint density at radius 2 is 2.03 bits per heavy atom. The van der Waals surface area contributed by atoms with Crippen molar-refractivity contribution in [2.45, 2.75) is 36.7 Å². The van der Waals surface area contributed by atoms with Crippen molar-refractivity contribution in [1.82, 2.24) is 14.5 Å². The van der Waals surface area contributed by atoms with E-state index in [9.17, 15) is 22.8 Å². The summed E-state index contributed by atoms with van der Waals surface area (Å²) in [5.41, 5.74) is 6.30. The number of anilines is 1. The summed E-state index contributed by atoms with van der Waals surface area (Å²) in [6.07, 6.45) is 1.02. The van der Waals surface area contributed by atoms with Gasteiger partial charge in [0.05, 0.1) is 11.5 Å². The van der Waals surface area contributed by atoms with Gasteiger partial charge in [-0.3, -0.25) is 14.4 Å². The summed E-state index contributed by atoms with van der Waals surface area (Å²) in [7, 11) is -0.520. The molecule has 0 unspecified atom stereocenters. The zero-order valence-electron chi connectivity index (χ0n) is 19.1. The standard InChI is InChI=1S/C21H31N5O6S/c1-4-15-16(26-10-11-32-13-18(26)27)6-5-7-17(15)33(30,31)23-19(20(22)28)21(29)25-9-8-14(12-25)24(2)3/h5-7,14,19,23H,4,8-13H2,1-3H3,(H2,22,28)/t14-,19-/m0/s1. The molecular weight excluding hydrogens is 450 g/mol. The first-order valence-corrected chi connectivity index (χ1v) is 12.3. The van der Waals surface area contributed by atoms with E-state index in [1.165, 1.54) is 21.9 Å². The van der Waals surface area contributed by atoms with Crippen molar-refractivity contribution in [2.75, 3.05) is 51.8 Å². The molecule has 3 rings (SSSR count). The van der Waals surface area contributed by atoms with Crippen LogP contribution in [0.25, 0.3) is 0 Å². The van der Waals surface area contributed by atoms with Crippen LogP contribution in [0.1, 0.15) is 18.9 Å². The van der Waals surface area contributed by atoms with Crippen LogP contribution >= 0.6 is 0 Å². The van der Waals surface area contributed by atoms with Crippen LogP contribution in [0.2, 0.25) is 0 Å². The lowest BCUT2D eigenvalue weighted by Gasteiger charge is -2.29. The summed E-state index contributed by atoms with van der Waals surface area (Å²) in [6.45, 7) is 3.11. The van der Waals surface area contributed by atoms with Gasteiger partial charge in [-0.15, -0.1) is 0 Å². The van der Waals surface area contributed by atoms with Crippen molar-refractivity contribution < 1.29 is 27.5 Å². The average Bonchev–Trinajstić information content (AvgIpc) is 3.27. The number of benzene rings is 1. The second-order valence-electron chi connectivity index (χ2n) is 8.35. The summed E-state index contributed by atoms with van der Waals surface area (Å²) >= 11 is 0. The van der Waals surface area contributed by atoms with E-state index in [2.05, 4.69) is 4.72 Å². The van der Waals surface area contributed by atoms with Crippen LogP contribution in [-0.4, -0.2) is 95.0 Å². The summed E-state index contributed by atoms with van der Waals surface area (Å²) < 4.78 is 34.0. The molecule has 2 atom stereocenters. The lowest BCUT2D eigenvalue weighted by Crippen LogP contribution is -2.55. The SMILES string of the molecule is CCc1c(N2CCOCC2=O)cccc1S(=O)(=O)N[C@@H](C(N)=O)C(=O)N1CC[C@H](N(C)C)C1. The third-order valence-electron chi connectivity index (χ3n) is 6.04. The number of nitrogens with zero attached hydrogens (tertiary/aromatic N) is 3. The Hall–Kier alpha value is -2.54. The Kier molecular flexibility index (Phi) is 7.73. The summed E-state index contributed by atoms with van der Waals surface area (Å²) in [4.78, 5) is 42.2. The van der Waals surface area contributed by atoms with Gasteiger partial charge in [0.15, 0.2) is 6.04 Å². The van der Waals surface area contributed by atoms with Crippen molar-refractivity contribution in [2.24, 2.45) is 5.73 Å². The number of amides is 3. The van der Waals surface area contributed by atoms with Gasteiger partial charge >= 0.3 is 0 Å². The summed E-state index contributed by atoms with van der Waals surface area (Å²) in [5.74, 6) is -2.02. The molecular formula is C21H31N5O6S. The zero-order chi connectivity index (χ0) is 24.3. The van der Waals surface area contributed by atoms with Crippen molar-refractivity contribution >= 4 is 33.4 Å². The van der Waals surface area contributed by atoms with Crippen molar-refractivity contribution in [3.63, 3.8) is 0 Å². The van der Waals surface area contributed by atoms with Gasteiger partial charge in [0, 0.05) is 31.4 Å². The molecule has 2 fully saturated rings. The van der Waals surface area contributed by atoms with E-state index in [-0.39, 0.29) is 23.5 Å². The van der Waals surface area contributed by atoms with E-state index >= 15 is 0 Å². The van der Waals surface area contributed by atoms with Crippen LogP contribution in [0.15, 0.2) is 23.1 Å². The van der Waals surface area contributed by atoms with Gasteiger partial charge in [-0.05, 0) is 44.6 Å². The Labute approximate surface area is 193 Å². The molecule has 0 bridgehead atoms. The van der Waals surface area contributed by atoms with Crippen LogP contribution in [0, 0.1) is 0 Å². The number of rotatable bonds is 8. The first-order valence-electron chi connectivity index (χ1n) is 10.8. The Bertz CT molecular complexity index is 1030. The third-order valence-corrected chi connectivity index (χ3v) is 7.55. The monoisotopic (exact) mass is 481 g/mol. The number of carbonyl (C=O) groups excluding carboxylic acids is 3. The van der Waals surface area contributed by atoms with Gasteiger partial charge in [0.1, 0.15) is 6.61 Å². The van der Waals surface area contributed by atoms with E-state index in [0.717, 1.165) is 0 Å². The fourth-order valence-corrected chi connectivity index (χ4v) is 5.67. The van der Waals surface area contributed by atoms with Gasteiger partial charge in [-0.2, -0.15) is 4.72 Å². The maximum atomic E-state index is 13.3. The molecule has 3 N–H and O–H groups in total. The fraction of sp³-hybridized carbons (Fsp3) is 0.571. The van der Waals surface area contributed by atoms with Crippen LogP contribution in [0.5, 0.6) is 0 Å². The molecule has 1 aromatic rings. The van der Waals surface area contributed by atoms with E-state index in [4.69, 9.17) is 10.5 Å². The zero-order valence-corrected chi connectivity index (χ0v) is 19.9. The van der Waals surface area contributed by atoms with Gasteiger partial charge in [-0.25, -0.2) is 8.42 Å². The lowest BCUT2D eigenvalue weighted by atomic mass is 10.1. The number of likely N-dealkylation sites (tertiary alicyclic amines) is 1. The highest BCUT2D eigenvalue weighted by Gasteiger charge is 2.38. The van der Waals surface area contributed by atoms with E-state index in [1.807, 2.05) is 19.0 Å². The molecule has 1 aromatic carbocycles. The number of hydrogen-bond donors (Lipinski definition) is 2. The Morgan fingerprint density at radius 1 is 1.30 bits per heavy atom. The molecule has 0 aliphatic carbocycles. The Morgan fingerprint density at radius 3 is 2.61 bits per heavy atom. The largest absolute Gasteiger partial charge is 0.370 e. The molecule has 0 spiro atoms. The summed E-state index contributed by atoms with van der Waals surface area (Å²) in [6, 6.07) is 2.97. The number of morpholine rings is 1. The molecule has 0 radical (unpaired) electrons. The molecule has 3 amide bonds. The molecule has 2 saturated heterocycles. The minimum atomic E-state index is -4.31. The predicted octanol–water partition coefficient (Wildman–Crippen LogP) is -1.09. The normalized spacial score (nSPS) is 20.4. The number of ether oxygens (including phenoxy) is 1. The predicted molar refractivity (Wildman–Crippen MR) is 121 cm³/mol. The van der Waals surface area contributed by atoms with Crippen LogP contribution in [-0.2, 0) is 35.6 Å². The molecule has 2 aliphatic rings. The van der Waals surface area contributed by atoms with Crippen LogP contribution < -0.4 is 15.4 Å². The smallest absolute Gasteiger partial charge is 0.253 e. The number of primary amides is 1. The number of nitrogens with two attached hydrogens (primary N) is 1. The number of likely N-dealkylation sites (N-methyl/N-ethyl adjacent to an activating group) is 1. The molecule has 11 nitrogen and oxygen atoms in total. The second kappa shape index (κ2) is 10.2. The summed E-state index contributed by atoms with van der Waals surface area (Å²) in [5, 5.41) is 0. The first-order chi connectivity index (χ1) is 15.6.